The van der Waals surface area contributed by atoms with Gasteiger partial charge in [0.05, 0.1) is 18.8 Å². The topological polar surface area (TPSA) is 89.8 Å². The van der Waals surface area contributed by atoms with Crippen LogP contribution in [0.2, 0.25) is 0 Å². The number of unbranched alkanes of at least 4 members (excludes halogenated alkanes) is 30. The molecular weight excluding hydrogens is 618 g/mol. The van der Waals surface area contributed by atoms with Gasteiger partial charge in [-0.3, -0.25) is 4.79 Å². The van der Waals surface area contributed by atoms with Crippen molar-refractivity contribution in [1.82, 2.24) is 5.32 Å². The summed E-state index contributed by atoms with van der Waals surface area (Å²) in [5, 5.41) is 33.1. The lowest BCUT2D eigenvalue weighted by Crippen LogP contribution is -2.48. The second-order valence-electron chi connectivity index (χ2n) is 15.3. The van der Waals surface area contributed by atoms with Crippen LogP contribution in [0.15, 0.2) is 24.3 Å². The van der Waals surface area contributed by atoms with Gasteiger partial charge in [0.15, 0.2) is 0 Å². The first-order chi connectivity index (χ1) is 24.6. The minimum Gasteiger partial charge on any atom is -0.394 e. The highest BCUT2D eigenvalue weighted by Crippen LogP contribution is 2.15. The Morgan fingerprint density at radius 2 is 0.800 bits per heavy atom. The maximum atomic E-state index is 12.5. The Morgan fingerprint density at radius 1 is 0.480 bits per heavy atom. The molecule has 0 saturated heterocycles. The molecule has 0 aliphatic rings. The number of hydrogen-bond acceptors (Lipinski definition) is 4. The Kier molecular flexibility index (Phi) is 39.6. The Morgan fingerprint density at radius 3 is 1.16 bits per heavy atom. The van der Waals surface area contributed by atoms with Crippen molar-refractivity contribution < 1.29 is 20.1 Å². The van der Waals surface area contributed by atoms with E-state index < -0.39 is 24.2 Å². The van der Waals surface area contributed by atoms with Crippen molar-refractivity contribution >= 4 is 5.91 Å². The van der Waals surface area contributed by atoms with Crippen molar-refractivity contribution in [3.8, 4) is 0 Å². The number of aliphatic hydroxyl groups excluding tert-OH is 3. The number of amides is 1. The van der Waals surface area contributed by atoms with Gasteiger partial charge in [-0.1, -0.05) is 212 Å². The maximum absolute atomic E-state index is 12.5. The molecule has 0 aromatic rings. The summed E-state index contributed by atoms with van der Waals surface area (Å²) in [6, 6.07) is -0.798. The molecule has 5 heteroatoms. The Bertz CT molecular complexity index is 739. The zero-order valence-corrected chi connectivity index (χ0v) is 33.5. The highest BCUT2D eigenvalue weighted by atomic mass is 16.3. The number of carbonyl (C=O) groups is 1. The van der Waals surface area contributed by atoms with Crippen LogP contribution in [0.3, 0.4) is 0 Å². The Labute approximate surface area is 312 Å². The first kappa shape index (κ1) is 48.8. The molecule has 0 heterocycles. The summed E-state index contributed by atoms with van der Waals surface area (Å²) in [6.45, 7) is 4.19. The predicted octanol–water partition coefficient (Wildman–Crippen LogP) is 12.6. The monoisotopic (exact) mass is 706 g/mol. The molecule has 296 valence electrons. The van der Waals surface area contributed by atoms with E-state index in [1.165, 1.54) is 180 Å². The molecule has 0 radical (unpaired) electrons. The summed E-state index contributed by atoms with van der Waals surface area (Å²) in [7, 11) is 0. The van der Waals surface area contributed by atoms with E-state index in [0.717, 1.165) is 32.1 Å². The highest BCUT2D eigenvalue weighted by Gasteiger charge is 2.22. The third kappa shape index (κ3) is 35.2. The van der Waals surface area contributed by atoms with Crippen molar-refractivity contribution in [3.63, 3.8) is 0 Å². The van der Waals surface area contributed by atoms with E-state index in [-0.39, 0.29) is 6.61 Å². The molecule has 0 aromatic carbocycles. The van der Waals surface area contributed by atoms with Crippen LogP contribution in [0, 0.1) is 0 Å². The third-order valence-electron chi connectivity index (χ3n) is 10.3. The van der Waals surface area contributed by atoms with E-state index in [1.54, 1.807) is 6.08 Å². The van der Waals surface area contributed by atoms with E-state index in [0.29, 0.717) is 6.42 Å². The van der Waals surface area contributed by atoms with E-state index in [1.807, 2.05) is 6.08 Å². The van der Waals surface area contributed by atoms with Crippen LogP contribution in [0.4, 0.5) is 0 Å². The molecule has 0 bridgehead atoms. The van der Waals surface area contributed by atoms with Crippen LogP contribution < -0.4 is 5.32 Å². The van der Waals surface area contributed by atoms with Crippen LogP contribution in [-0.4, -0.2) is 46.1 Å². The van der Waals surface area contributed by atoms with Gasteiger partial charge in [0.25, 0.3) is 0 Å². The minimum absolute atomic E-state index is 0.364. The van der Waals surface area contributed by atoms with Gasteiger partial charge in [-0.2, -0.15) is 0 Å². The van der Waals surface area contributed by atoms with Crippen molar-refractivity contribution in [3.05, 3.63) is 24.3 Å². The van der Waals surface area contributed by atoms with Gasteiger partial charge in [0, 0.05) is 0 Å². The van der Waals surface area contributed by atoms with Crippen LogP contribution in [0.25, 0.3) is 0 Å². The molecule has 50 heavy (non-hydrogen) atoms. The van der Waals surface area contributed by atoms with Crippen molar-refractivity contribution in [2.45, 2.75) is 250 Å². The molecule has 4 N–H and O–H groups in total. The van der Waals surface area contributed by atoms with E-state index in [9.17, 15) is 20.1 Å². The van der Waals surface area contributed by atoms with Crippen LogP contribution in [0.5, 0.6) is 0 Å². The average Bonchev–Trinajstić information content (AvgIpc) is 3.12. The molecule has 0 aliphatic carbocycles. The fraction of sp³-hybridized carbons (Fsp3) is 0.889. The van der Waals surface area contributed by atoms with Gasteiger partial charge < -0.3 is 20.6 Å². The molecule has 1 amide bonds. The second-order valence-corrected chi connectivity index (χ2v) is 15.3. The van der Waals surface area contributed by atoms with E-state index in [4.69, 9.17) is 0 Å². The van der Waals surface area contributed by atoms with Gasteiger partial charge in [-0.05, 0) is 44.9 Å². The van der Waals surface area contributed by atoms with Crippen molar-refractivity contribution in [2.24, 2.45) is 0 Å². The van der Waals surface area contributed by atoms with Crippen LogP contribution >= 0.6 is 0 Å². The smallest absolute Gasteiger partial charge is 0.249 e. The summed E-state index contributed by atoms with van der Waals surface area (Å²) in [5.41, 5.74) is 0. The zero-order valence-electron chi connectivity index (χ0n) is 33.5. The third-order valence-corrected chi connectivity index (χ3v) is 10.3. The van der Waals surface area contributed by atoms with Gasteiger partial charge in [-0.15, -0.1) is 0 Å². The largest absolute Gasteiger partial charge is 0.394 e. The summed E-state index contributed by atoms with van der Waals surface area (Å²) in [5.74, 6) is -0.506. The average molecular weight is 706 g/mol. The summed E-state index contributed by atoms with van der Waals surface area (Å²) >= 11 is 0. The quantitative estimate of drug-likeness (QED) is 0.0377. The molecule has 3 atom stereocenters. The molecule has 0 aliphatic heterocycles. The standard InChI is InChI=1S/C45H87NO4/c1-3-5-7-9-11-13-15-17-19-21-22-23-24-26-28-30-32-34-36-38-40-44(49)45(50)46-42(41-47)43(48)39-37-35-33-31-29-27-25-20-18-16-14-12-10-8-6-4-2/h23-24,37,39,42-44,47-49H,3-22,25-36,38,40-41H2,1-2H3,(H,46,50)/b24-23-,39-37+. The number of nitrogens with one attached hydrogen (secondary N) is 1. The van der Waals surface area contributed by atoms with Gasteiger partial charge in [0.1, 0.15) is 6.10 Å². The molecule has 0 fully saturated rings. The predicted molar refractivity (Wildman–Crippen MR) is 218 cm³/mol. The molecule has 5 nitrogen and oxygen atoms in total. The summed E-state index contributed by atoms with van der Waals surface area (Å²) < 4.78 is 0. The molecule has 0 aromatic heterocycles. The lowest BCUT2D eigenvalue weighted by molar-refractivity contribution is -0.131. The first-order valence-electron chi connectivity index (χ1n) is 22.2. The number of aliphatic hydroxyl groups is 3. The number of rotatable bonds is 40. The van der Waals surface area contributed by atoms with Crippen molar-refractivity contribution in [1.29, 1.82) is 0 Å². The highest BCUT2D eigenvalue weighted by molar-refractivity contribution is 5.80. The Balaban J connectivity index is 3.67. The maximum Gasteiger partial charge on any atom is 0.249 e. The van der Waals surface area contributed by atoms with E-state index in [2.05, 4.69) is 31.3 Å². The molecule has 0 rings (SSSR count). The minimum atomic E-state index is -1.10. The molecule has 0 saturated carbocycles. The number of hydrogen-bond donors (Lipinski definition) is 4. The van der Waals surface area contributed by atoms with E-state index >= 15 is 0 Å². The lowest BCUT2D eigenvalue weighted by Gasteiger charge is -2.21. The SMILES string of the molecule is CCCCCCCCCCCC/C=C\CCCCCCCCC(O)C(=O)NC(CO)C(O)/C=C/CCCCCCCCCCCCCCCC. The van der Waals surface area contributed by atoms with Crippen LogP contribution in [0.1, 0.15) is 232 Å². The zero-order chi connectivity index (χ0) is 36.6. The van der Waals surface area contributed by atoms with Crippen LogP contribution in [-0.2, 0) is 4.79 Å². The fourth-order valence-corrected chi connectivity index (χ4v) is 6.77. The lowest BCUT2D eigenvalue weighted by atomic mass is 10.0. The first-order valence-corrected chi connectivity index (χ1v) is 22.2. The van der Waals surface area contributed by atoms with Gasteiger partial charge >= 0.3 is 0 Å². The fourth-order valence-electron chi connectivity index (χ4n) is 6.77. The van der Waals surface area contributed by atoms with Gasteiger partial charge in [-0.25, -0.2) is 0 Å². The molecule has 3 unspecified atom stereocenters. The second kappa shape index (κ2) is 40.6. The van der Waals surface area contributed by atoms with Crippen molar-refractivity contribution in [2.75, 3.05) is 6.61 Å². The molecular formula is C45H87NO4. The summed E-state index contributed by atoms with van der Waals surface area (Å²) in [6.07, 6.45) is 49.2. The normalized spacial score (nSPS) is 13.8. The number of carbonyl (C=O) groups excluding carboxylic acids is 1. The Hall–Kier alpha value is -1.17. The number of allylic oxidation sites excluding steroid dienone is 3. The summed E-state index contributed by atoms with van der Waals surface area (Å²) in [4.78, 5) is 12.5. The molecule has 0 spiro atoms. The van der Waals surface area contributed by atoms with Gasteiger partial charge in [0.2, 0.25) is 5.91 Å².